The molecule has 194 valence electrons. The van der Waals surface area contributed by atoms with E-state index >= 15 is 0 Å². The molecule has 1 aliphatic rings. The Bertz CT molecular complexity index is 1210. The highest BCUT2D eigenvalue weighted by atomic mass is 19.1. The Labute approximate surface area is 218 Å². The van der Waals surface area contributed by atoms with Crippen molar-refractivity contribution in [1.29, 1.82) is 0 Å². The molecule has 0 saturated heterocycles. The van der Waals surface area contributed by atoms with E-state index in [-0.39, 0.29) is 31.0 Å². The summed E-state index contributed by atoms with van der Waals surface area (Å²) in [4.78, 5) is 28.8. The maximum absolute atomic E-state index is 14.7. The third-order valence-electron chi connectivity index (χ3n) is 7.18. The molecule has 0 aliphatic heterocycles. The van der Waals surface area contributed by atoms with E-state index in [0.29, 0.717) is 17.7 Å². The first-order valence-corrected chi connectivity index (χ1v) is 13.0. The highest BCUT2D eigenvalue weighted by Gasteiger charge is 2.33. The van der Waals surface area contributed by atoms with Crippen LogP contribution in [0.4, 0.5) is 4.39 Å². The standard InChI is InChI=1S/C31H35FN2O3/c1-22-11-10-18-29(23(22)2)37-21-30(35)34(20-25-14-6-9-17-27(25)32)28(19-24-12-4-3-5-13-24)31(36)33-26-15-7-8-16-26/h3-6,9-14,17-18,26,28H,7-8,15-16,19-21H2,1-2H3,(H,33,36)/t28-/m1/s1. The average molecular weight is 503 g/mol. The Kier molecular flexibility index (Phi) is 8.94. The number of benzene rings is 3. The van der Waals surface area contributed by atoms with E-state index in [9.17, 15) is 14.0 Å². The van der Waals surface area contributed by atoms with Gasteiger partial charge in [0, 0.05) is 24.6 Å². The Hall–Kier alpha value is -3.67. The van der Waals surface area contributed by atoms with E-state index in [2.05, 4.69) is 5.32 Å². The number of hydrogen-bond acceptors (Lipinski definition) is 3. The molecular formula is C31H35FN2O3. The smallest absolute Gasteiger partial charge is 0.261 e. The van der Waals surface area contributed by atoms with Crippen molar-refractivity contribution in [3.05, 3.63) is 101 Å². The minimum absolute atomic E-state index is 0.0305. The van der Waals surface area contributed by atoms with Gasteiger partial charge in [0.1, 0.15) is 17.6 Å². The fourth-order valence-corrected chi connectivity index (χ4v) is 4.83. The quantitative estimate of drug-likeness (QED) is 0.397. The summed E-state index contributed by atoms with van der Waals surface area (Å²) in [7, 11) is 0. The molecule has 5 nitrogen and oxygen atoms in total. The zero-order valence-corrected chi connectivity index (χ0v) is 21.6. The van der Waals surface area contributed by atoms with Gasteiger partial charge in [0.25, 0.3) is 5.91 Å². The van der Waals surface area contributed by atoms with E-state index in [1.807, 2.05) is 62.4 Å². The van der Waals surface area contributed by atoms with Gasteiger partial charge in [-0.1, -0.05) is 73.5 Å². The summed E-state index contributed by atoms with van der Waals surface area (Å²) < 4.78 is 20.6. The summed E-state index contributed by atoms with van der Waals surface area (Å²) in [5.74, 6) is -0.376. The van der Waals surface area contributed by atoms with E-state index in [1.54, 1.807) is 18.2 Å². The lowest BCUT2D eigenvalue weighted by molar-refractivity contribution is -0.143. The van der Waals surface area contributed by atoms with Crippen LogP contribution in [0.25, 0.3) is 0 Å². The number of amides is 2. The summed E-state index contributed by atoms with van der Waals surface area (Å²) >= 11 is 0. The van der Waals surface area contributed by atoms with Crippen molar-refractivity contribution >= 4 is 11.8 Å². The first-order valence-electron chi connectivity index (χ1n) is 13.0. The molecule has 2 amide bonds. The molecule has 37 heavy (non-hydrogen) atoms. The number of nitrogens with zero attached hydrogens (tertiary/aromatic N) is 1. The molecule has 1 fully saturated rings. The van der Waals surface area contributed by atoms with Crippen LogP contribution in [0.15, 0.2) is 72.8 Å². The van der Waals surface area contributed by atoms with Crippen molar-refractivity contribution in [1.82, 2.24) is 10.2 Å². The van der Waals surface area contributed by atoms with Gasteiger partial charge in [-0.25, -0.2) is 4.39 Å². The molecule has 0 unspecified atom stereocenters. The Morgan fingerprint density at radius 1 is 0.973 bits per heavy atom. The van der Waals surface area contributed by atoms with Gasteiger partial charge < -0.3 is 15.0 Å². The van der Waals surface area contributed by atoms with Crippen LogP contribution in [0.3, 0.4) is 0 Å². The monoisotopic (exact) mass is 502 g/mol. The number of carbonyl (C=O) groups is 2. The van der Waals surface area contributed by atoms with Crippen LogP contribution in [0.5, 0.6) is 5.75 Å². The maximum Gasteiger partial charge on any atom is 0.261 e. The third kappa shape index (κ3) is 6.97. The van der Waals surface area contributed by atoms with Crippen molar-refractivity contribution in [2.24, 2.45) is 0 Å². The highest BCUT2D eigenvalue weighted by Crippen LogP contribution is 2.23. The molecule has 6 heteroatoms. The van der Waals surface area contributed by atoms with Crippen molar-refractivity contribution in [2.45, 2.75) is 64.6 Å². The van der Waals surface area contributed by atoms with Crippen molar-refractivity contribution < 1.29 is 18.7 Å². The summed E-state index contributed by atoms with van der Waals surface area (Å²) in [6.45, 7) is 3.65. The van der Waals surface area contributed by atoms with Crippen molar-refractivity contribution in [3.63, 3.8) is 0 Å². The molecule has 1 atom stereocenters. The number of ether oxygens (including phenoxy) is 1. The largest absolute Gasteiger partial charge is 0.483 e. The lowest BCUT2D eigenvalue weighted by Crippen LogP contribution is -2.53. The molecule has 0 radical (unpaired) electrons. The fraction of sp³-hybridized carbons (Fsp3) is 0.355. The van der Waals surface area contributed by atoms with Crippen LogP contribution in [0.1, 0.15) is 47.9 Å². The van der Waals surface area contributed by atoms with E-state index < -0.39 is 11.9 Å². The predicted octanol–water partition coefficient (Wildman–Crippen LogP) is 5.52. The van der Waals surface area contributed by atoms with Gasteiger partial charge in [-0.2, -0.15) is 0 Å². The minimum atomic E-state index is -0.808. The Morgan fingerprint density at radius 3 is 2.41 bits per heavy atom. The highest BCUT2D eigenvalue weighted by molar-refractivity contribution is 5.88. The lowest BCUT2D eigenvalue weighted by atomic mass is 10.0. The van der Waals surface area contributed by atoms with Crippen LogP contribution < -0.4 is 10.1 Å². The molecule has 1 aliphatic carbocycles. The van der Waals surface area contributed by atoms with Gasteiger partial charge in [-0.15, -0.1) is 0 Å². The average Bonchev–Trinajstić information content (AvgIpc) is 3.41. The predicted molar refractivity (Wildman–Crippen MR) is 143 cm³/mol. The molecule has 3 aromatic carbocycles. The molecule has 3 aromatic rings. The lowest BCUT2D eigenvalue weighted by Gasteiger charge is -2.32. The summed E-state index contributed by atoms with van der Waals surface area (Å²) in [5.41, 5.74) is 3.30. The van der Waals surface area contributed by atoms with Gasteiger partial charge in [0.2, 0.25) is 5.91 Å². The van der Waals surface area contributed by atoms with E-state index in [4.69, 9.17) is 4.74 Å². The normalized spacial score (nSPS) is 14.2. The van der Waals surface area contributed by atoms with Gasteiger partial charge >= 0.3 is 0 Å². The van der Waals surface area contributed by atoms with E-state index in [1.165, 1.54) is 11.0 Å². The number of rotatable bonds is 10. The molecule has 4 rings (SSSR count). The zero-order chi connectivity index (χ0) is 26.2. The molecule has 0 heterocycles. The van der Waals surface area contributed by atoms with E-state index in [0.717, 1.165) is 42.4 Å². The molecule has 1 N–H and O–H groups in total. The fourth-order valence-electron chi connectivity index (χ4n) is 4.83. The number of carbonyl (C=O) groups excluding carboxylic acids is 2. The molecular weight excluding hydrogens is 467 g/mol. The molecule has 1 saturated carbocycles. The summed E-state index contributed by atoms with van der Waals surface area (Å²) in [6, 6.07) is 21.0. The Balaban J connectivity index is 1.63. The van der Waals surface area contributed by atoms with Gasteiger partial charge in [0.05, 0.1) is 0 Å². The number of hydrogen-bond donors (Lipinski definition) is 1. The molecule has 0 bridgehead atoms. The first kappa shape index (κ1) is 26.4. The second-order valence-electron chi connectivity index (χ2n) is 9.80. The van der Waals surface area contributed by atoms with Crippen LogP contribution >= 0.6 is 0 Å². The van der Waals surface area contributed by atoms with Gasteiger partial charge in [-0.05, 0) is 55.5 Å². The SMILES string of the molecule is Cc1cccc(OCC(=O)N(Cc2ccccc2F)[C@H](Cc2ccccc2)C(=O)NC2CCCC2)c1C. The first-order chi connectivity index (χ1) is 17.9. The van der Waals surface area contributed by atoms with Crippen molar-refractivity contribution in [2.75, 3.05) is 6.61 Å². The minimum Gasteiger partial charge on any atom is -0.483 e. The zero-order valence-electron chi connectivity index (χ0n) is 21.6. The summed E-state index contributed by atoms with van der Waals surface area (Å²) in [6.07, 6.45) is 4.34. The van der Waals surface area contributed by atoms with Crippen molar-refractivity contribution in [3.8, 4) is 5.75 Å². The molecule has 0 aromatic heterocycles. The third-order valence-corrected chi connectivity index (χ3v) is 7.18. The second-order valence-corrected chi connectivity index (χ2v) is 9.80. The topological polar surface area (TPSA) is 58.6 Å². The van der Waals surface area contributed by atoms with Crippen LogP contribution in [-0.4, -0.2) is 35.4 Å². The number of nitrogens with one attached hydrogen (secondary N) is 1. The van der Waals surface area contributed by atoms with Crippen LogP contribution in [0, 0.1) is 19.7 Å². The van der Waals surface area contributed by atoms with Gasteiger partial charge in [-0.3, -0.25) is 9.59 Å². The molecule has 0 spiro atoms. The summed E-state index contributed by atoms with van der Waals surface area (Å²) in [5, 5.41) is 3.16. The number of halogens is 1. The maximum atomic E-state index is 14.7. The second kappa shape index (κ2) is 12.5. The van der Waals surface area contributed by atoms with Gasteiger partial charge in [0.15, 0.2) is 6.61 Å². The number of aryl methyl sites for hydroxylation is 1. The van der Waals surface area contributed by atoms with Crippen LogP contribution in [-0.2, 0) is 22.6 Å². The Morgan fingerprint density at radius 2 is 1.68 bits per heavy atom. The van der Waals surface area contributed by atoms with Crippen LogP contribution in [0.2, 0.25) is 0 Å².